The van der Waals surface area contributed by atoms with Crippen molar-refractivity contribution in [1.29, 1.82) is 0 Å². The number of likely N-dealkylation sites (tertiary alicyclic amines) is 1. The van der Waals surface area contributed by atoms with Crippen molar-refractivity contribution in [3.05, 3.63) is 11.9 Å². The molecule has 0 aromatic carbocycles. The first kappa shape index (κ1) is 7.27. The summed E-state index contributed by atoms with van der Waals surface area (Å²) in [5.41, 5.74) is 0.404. The number of hydrogen-bond acceptors (Lipinski definition) is 3. The molecule has 1 unspecified atom stereocenters. The van der Waals surface area contributed by atoms with Crippen LogP contribution >= 0.6 is 0 Å². The van der Waals surface area contributed by atoms with E-state index in [-0.39, 0.29) is 5.91 Å². The van der Waals surface area contributed by atoms with Crippen LogP contribution in [0, 0.1) is 0 Å². The third-order valence-electron chi connectivity index (χ3n) is 2.21. The zero-order valence-electron chi connectivity index (χ0n) is 6.82. The predicted octanol–water partition coefficient (Wildman–Crippen LogP) is 0.0391. The van der Waals surface area contributed by atoms with Crippen LogP contribution in [0.15, 0.2) is 6.20 Å². The van der Waals surface area contributed by atoms with Gasteiger partial charge in [0.15, 0.2) is 5.69 Å². The first-order valence-electron chi connectivity index (χ1n) is 3.96. The lowest BCUT2D eigenvalue weighted by Crippen LogP contribution is -2.49. The summed E-state index contributed by atoms with van der Waals surface area (Å²) in [7, 11) is 0. The van der Waals surface area contributed by atoms with Crippen LogP contribution in [0.4, 0.5) is 0 Å². The first-order chi connectivity index (χ1) is 5.79. The van der Waals surface area contributed by atoms with E-state index < -0.39 is 0 Å². The van der Waals surface area contributed by atoms with E-state index in [1.54, 1.807) is 4.90 Å². The Labute approximate surface area is 69.8 Å². The summed E-state index contributed by atoms with van der Waals surface area (Å²) in [5, 5.41) is 9.73. The van der Waals surface area contributed by atoms with Gasteiger partial charge in [-0.25, -0.2) is 0 Å². The maximum absolute atomic E-state index is 11.5. The molecule has 5 heteroatoms. The number of carbonyl (C=O) groups is 1. The molecule has 12 heavy (non-hydrogen) atoms. The highest BCUT2D eigenvalue weighted by Gasteiger charge is 2.30. The van der Waals surface area contributed by atoms with Crippen LogP contribution in [0.1, 0.15) is 23.8 Å². The van der Waals surface area contributed by atoms with Crippen molar-refractivity contribution in [1.82, 2.24) is 20.3 Å². The van der Waals surface area contributed by atoms with Crippen molar-refractivity contribution in [2.45, 2.75) is 19.4 Å². The lowest BCUT2D eigenvalue weighted by atomic mass is 10.1. The summed E-state index contributed by atoms with van der Waals surface area (Å²) < 4.78 is 0. The van der Waals surface area contributed by atoms with E-state index in [0.29, 0.717) is 11.7 Å². The molecule has 1 aromatic rings. The summed E-state index contributed by atoms with van der Waals surface area (Å²) >= 11 is 0. The van der Waals surface area contributed by atoms with Gasteiger partial charge in [-0.05, 0) is 13.3 Å². The molecule has 0 saturated carbocycles. The molecule has 0 bridgehead atoms. The van der Waals surface area contributed by atoms with Crippen LogP contribution in [0.3, 0.4) is 0 Å². The molecule has 1 aliphatic rings. The van der Waals surface area contributed by atoms with Crippen LogP contribution in [-0.4, -0.2) is 38.8 Å². The van der Waals surface area contributed by atoms with Crippen molar-refractivity contribution in [3.8, 4) is 0 Å². The zero-order valence-corrected chi connectivity index (χ0v) is 6.82. The molecule has 1 amide bonds. The molecule has 2 heterocycles. The van der Waals surface area contributed by atoms with E-state index in [0.717, 1.165) is 13.0 Å². The van der Waals surface area contributed by atoms with Crippen molar-refractivity contribution in [2.24, 2.45) is 0 Å². The Morgan fingerprint density at radius 2 is 2.67 bits per heavy atom. The Morgan fingerprint density at radius 3 is 3.08 bits per heavy atom. The Kier molecular flexibility index (Phi) is 1.56. The number of carbonyl (C=O) groups excluding carboxylic acids is 1. The molecule has 5 nitrogen and oxygen atoms in total. The standard InChI is InChI=1S/C7H10N4O/c1-5-2-3-11(5)7(12)6-4-8-10-9-6/h4-5H,2-3H2,1H3,(H,8,9,10). The SMILES string of the molecule is CC1CCN1C(=O)c1cn[nH]n1. The van der Waals surface area contributed by atoms with E-state index in [9.17, 15) is 4.79 Å². The fraction of sp³-hybridized carbons (Fsp3) is 0.571. The third kappa shape index (κ3) is 0.975. The third-order valence-corrected chi connectivity index (χ3v) is 2.21. The molecule has 1 saturated heterocycles. The van der Waals surface area contributed by atoms with Crippen molar-refractivity contribution < 1.29 is 4.79 Å². The lowest BCUT2D eigenvalue weighted by molar-refractivity contribution is 0.0496. The number of aromatic amines is 1. The van der Waals surface area contributed by atoms with Crippen LogP contribution < -0.4 is 0 Å². The molecule has 1 aromatic heterocycles. The number of nitrogens with one attached hydrogen (secondary N) is 1. The Bertz CT molecular complexity index is 282. The second-order valence-corrected chi connectivity index (χ2v) is 2.99. The highest BCUT2D eigenvalue weighted by molar-refractivity contribution is 5.92. The van der Waals surface area contributed by atoms with Gasteiger partial charge in [0.2, 0.25) is 0 Å². The summed E-state index contributed by atoms with van der Waals surface area (Å²) in [5.74, 6) is -0.0255. The second-order valence-electron chi connectivity index (χ2n) is 2.99. The first-order valence-corrected chi connectivity index (χ1v) is 3.96. The largest absolute Gasteiger partial charge is 0.334 e. The van der Waals surface area contributed by atoms with E-state index in [1.165, 1.54) is 6.20 Å². The van der Waals surface area contributed by atoms with Gasteiger partial charge in [-0.2, -0.15) is 15.4 Å². The van der Waals surface area contributed by atoms with Crippen LogP contribution in [-0.2, 0) is 0 Å². The van der Waals surface area contributed by atoms with Crippen molar-refractivity contribution in [3.63, 3.8) is 0 Å². The molecule has 1 atom stereocenters. The second kappa shape index (κ2) is 2.58. The number of H-pyrrole nitrogens is 1. The van der Waals surface area contributed by atoms with Gasteiger partial charge in [0.05, 0.1) is 6.20 Å². The Balaban J connectivity index is 2.11. The van der Waals surface area contributed by atoms with Gasteiger partial charge in [-0.3, -0.25) is 4.79 Å². The highest BCUT2D eigenvalue weighted by Crippen LogP contribution is 2.18. The molecule has 0 spiro atoms. The quantitative estimate of drug-likeness (QED) is 0.640. The molecule has 1 N–H and O–H groups in total. The summed E-state index contributed by atoms with van der Waals surface area (Å²) in [6.45, 7) is 2.87. The van der Waals surface area contributed by atoms with E-state index >= 15 is 0 Å². The summed E-state index contributed by atoms with van der Waals surface area (Å²) in [6, 6.07) is 0.356. The van der Waals surface area contributed by atoms with Gasteiger partial charge in [-0.15, -0.1) is 0 Å². The molecular formula is C7H10N4O. The molecule has 1 fully saturated rings. The van der Waals surface area contributed by atoms with Crippen LogP contribution in [0.25, 0.3) is 0 Å². The van der Waals surface area contributed by atoms with Crippen molar-refractivity contribution in [2.75, 3.05) is 6.54 Å². The maximum atomic E-state index is 11.5. The molecule has 2 rings (SSSR count). The van der Waals surface area contributed by atoms with E-state index in [4.69, 9.17) is 0 Å². The van der Waals surface area contributed by atoms with Gasteiger partial charge >= 0.3 is 0 Å². The number of amides is 1. The minimum atomic E-state index is -0.0255. The zero-order chi connectivity index (χ0) is 8.55. The van der Waals surface area contributed by atoms with E-state index in [2.05, 4.69) is 15.4 Å². The van der Waals surface area contributed by atoms with Gasteiger partial charge in [0.25, 0.3) is 5.91 Å². The predicted molar refractivity (Wildman–Crippen MR) is 41.5 cm³/mol. The monoisotopic (exact) mass is 166 g/mol. The minimum Gasteiger partial charge on any atom is -0.334 e. The normalized spacial score (nSPS) is 22.1. The number of nitrogens with zero attached hydrogens (tertiary/aromatic N) is 3. The Hall–Kier alpha value is -1.39. The topological polar surface area (TPSA) is 61.9 Å². The van der Waals surface area contributed by atoms with Crippen LogP contribution in [0.2, 0.25) is 0 Å². The fourth-order valence-corrected chi connectivity index (χ4v) is 1.27. The summed E-state index contributed by atoms with van der Waals surface area (Å²) in [6.07, 6.45) is 2.54. The average Bonchev–Trinajstić information content (AvgIpc) is 2.53. The maximum Gasteiger partial charge on any atom is 0.276 e. The van der Waals surface area contributed by atoms with Gasteiger partial charge in [0.1, 0.15) is 0 Å². The van der Waals surface area contributed by atoms with Gasteiger partial charge < -0.3 is 4.90 Å². The van der Waals surface area contributed by atoms with Crippen LogP contribution in [0.5, 0.6) is 0 Å². The Morgan fingerprint density at radius 1 is 1.83 bits per heavy atom. The average molecular weight is 166 g/mol. The lowest BCUT2D eigenvalue weighted by Gasteiger charge is -2.37. The van der Waals surface area contributed by atoms with Crippen molar-refractivity contribution >= 4 is 5.91 Å². The molecule has 1 aliphatic heterocycles. The minimum absolute atomic E-state index is 0.0255. The van der Waals surface area contributed by atoms with Gasteiger partial charge in [-0.1, -0.05) is 0 Å². The smallest absolute Gasteiger partial charge is 0.276 e. The molecule has 64 valence electrons. The fourth-order valence-electron chi connectivity index (χ4n) is 1.27. The number of rotatable bonds is 1. The highest BCUT2D eigenvalue weighted by atomic mass is 16.2. The number of aromatic nitrogens is 3. The van der Waals surface area contributed by atoms with E-state index in [1.807, 2.05) is 6.92 Å². The molecule has 0 radical (unpaired) electrons. The number of hydrogen-bond donors (Lipinski definition) is 1. The van der Waals surface area contributed by atoms with Gasteiger partial charge in [0, 0.05) is 12.6 Å². The molecule has 0 aliphatic carbocycles. The molecular weight excluding hydrogens is 156 g/mol. The summed E-state index contributed by atoms with van der Waals surface area (Å²) in [4.78, 5) is 13.3.